The van der Waals surface area contributed by atoms with Gasteiger partial charge < -0.3 is 18.6 Å². The van der Waals surface area contributed by atoms with Gasteiger partial charge in [0.2, 0.25) is 0 Å². The zero-order valence-electron chi connectivity index (χ0n) is 16.8. The number of ether oxygens (including phenoxy) is 3. The van der Waals surface area contributed by atoms with Crippen molar-refractivity contribution in [3.05, 3.63) is 23.2 Å². The number of furan rings is 1. The largest absolute Gasteiger partial charge is 0.469 e. The molecule has 2 heterocycles. The van der Waals surface area contributed by atoms with Gasteiger partial charge in [-0.05, 0) is 12.5 Å². The third-order valence-electron chi connectivity index (χ3n) is 7.03. The highest BCUT2D eigenvalue weighted by molar-refractivity contribution is 5.72. The summed E-state index contributed by atoms with van der Waals surface area (Å²) in [5, 5.41) is 0. The summed E-state index contributed by atoms with van der Waals surface area (Å²) in [6.45, 7) is 11.2. The van der Waals surface area contributed by atoms with Crippen molar-refractivity contribution in [3.8, 4) is 0 Å². The molecule has 0 aromatic carbocycles. The minimum Gasteiger partial charge on any atom is -0.469 e. The van der Waals surface area contributed by atoms with E-state index in [2.05, 4.69) is 13.8 Å². The van der Waals surface area contributed by atoms with E-state index in [4.69, 9.17) is 18.6 Å². The summed E-state index contributed by atoms with van der Waals surface area (Å²) in [7, 11) is 0. The monoisotopic (exact) mass is 376 g/mol. The summed E-state index contributed by atoms with van der Waals surface area (Å²) in [4.78, 5) is 24.2. The van der Waals surface area contributed by atoms with Gasteiger partial charge in [0.05, 0.1) is 18.3 Å². The Balaban J connectivity index is 1.81. The average Bonchev–Trinajstić information content (AvgIpc) is 3.16. The van der Waals surface area contributed by atoms with Gasteiger partial charge in [-0.1, -0.05) is 27.7 Å². The Morgan fingerprint density at radius 2 is 2.00 bits per heavy atom. The van der Waals surface area contributed by atoms with Gasteiger partial charge in [0.15, 0.2) is 0 Å². The first-order valence-electron chi connectivity index (χ1n) is 9.74. The Hall–Kier alpha value is -1.82. The predicted molar refractivity (Wildman–Crippen MR) is 95.9 cm³/mol. The van der Waals surface area contributed by atoms with Crippen LogP contribution in [0.5, 0.6) is 0 Å². The molecule has 1 spiro atoms. The quantitative estimate of drug-likeness (QED) is 0.593. The lowest BCUT2D eigenvalue weighted by Crippen LogP contribution is -2.59. The Labute approximate surface area is 159 Å². The molecule has 6 nitrogen and oxygen atoms in total. The highest BCUT2D eigenvalue weighted by Gasteiger charge is 2.78. The summed E-state index contributed by atoms with van der Waals surface area (Å²) in [6, 6.07) is 0. The molecular formula is C21H28O6. The van der Waals surface area contributed by atoms with Gasteiger partial charge in [-0.25, -0.2) is 0 Å². The molecule has 2 aliphatic carbocycles. The Morgan fingerprint density at radius 3 is 2.63 bits per heavy atom. The minimum atomic E-state index is -0.512. The van der Waals surface area contributed by atoms with Gasteiger partial charge in [0.1, 0.15) is 23.6 Å². The van der Waals surface area contributed by atoms with Gasteiger partial charge in [-0.3, -0.25) is 9.59 Å². The van der Waals surface area contributed by atoms with Crippen LogP contribution in [0.25, 0.3) is 0 Å². The van der Waals surface area contributed by atoms with E-state index < -0.39 is 17.1 Å². The van der Waals surface area contributed by atoms with Crippen molar-refractivity contribution < 1.29 is 28.2 Å². The Morgan fingerprint density at radius 1 is 1.30 bits per heavy atom. The van der Waals surface area contributed by atoms with Crippen LogP contribution < -0.4 is 0 Å². The van der Waals surface area contributed by atoms with E-state index in [-0.39, 0.29) is 36.0 Å². The number of hydrogen-bond acceptors (Lipinski definition) is 6. The Bertz CT molecular complexity index is 795. The molecule has 1 aromatic heterocycles. The van der Waals surface area contributed by atoms with Crippen LogP contribution in [0.3, 0.4) is 0 Å². The number of epoxide rings is 1. The molecule has 1 saturated carbocycles. The number of fused-ring (bicyclic) bond motifs is 1. The van der Waals surface area contributed by atoms with Gasteiger partial charge in [-0.2, -0.15) is 0 Å². The second kappa shape index (κ2) is 5.84. The normalized spacial score (nSPS) is 39.2. The minimum absolute atomic E-state index is 0.0261. The standard InChI is InChI=1S/C21H28O6/c1-10(2)19(23)26-18-17-11(3)9-24-15(17)8-21-16(27-21)7-14(25-13(5)22)12(4)20(18,21)6/h9-10,12,14,16,18H,7-8H2,1-6H3/t12-,14-,16+,18+,20-,21+/m0/s1. The molecule has 6 heteroatoms. The van der Waals surface area contributed by atoms with Gasteiger partial charge in [0, 0.05) is 36.7 Å². The molecule has 0 bridgehead atoms. The van der Waals surface area contributed by atoms with Gasteiger partial charge >= 0.3 is 11.9 Å². The van der Waals surface area contributed by atoms with Crippen LogP contribution in [0, 0.1) is 24.2 Å². The number of rotatable bonds is 3. The second-order valence-electron chi connectivity index (χ2n) is 8.85. The third-order valence-corrected chi connectivity index (χ3v) is 7.03. The van der Waals surface area contributed by atoms with Gasteiger partial charge in [-0.15, -0.1) is 0 Å². The lowest BCUT2D eigenvalue weighted by Gasteiger charge is -2.52. The molecule has 0 N–H and O–H groups in total. The van der Waals surface area contributed by atoms with Crippen molar-refractivity contribution in [2.75, 3.05) is 0 Å². The number of carbonyl (C=O) groups excluding carboxylic acids is 2. The van der Waals surface area contributed by atoms with Crippen LogP contribution >= 0.6 is 0 Å². The summed E-state index contributed by atoms with van der Waals surface area (Å²) < 4.78 is 23.8. The molecule has 0 radical (unpaired) electrons. The number of esters is 2. The summed E-state index contributed by atoms with van der Waals surface area (Å²) in [5.74, 6) is 0.0279. The SMILES string of the molecule is CC(=O)O[C@H]1C[C@H]2O[C@]23Cc2occ(C)c2[C@@H](OC(=O)C(C)C)[C@]3(C)[C@H]1C. The van der Waals surface area contributed by atoms with Crippen LogP contribution in [0.15, 0.2) is 10.7 Å². The lowest BCUT2D eigenvalue weighted by molar-refractivity contribution is -0.185. The van der Waals surface area contributed by atoms with E-state index in [1.54, 1.807) is 6.26 Å². The van der Waals surface area contributed by atoms with Crippen LogP contribution in [-0.4, -0.2) is 29.7 Å². The maximum Gasteiger partial charge on any atom is 0.309 e. The van der Waals surface area contributed by atoms with Crippen molar-refractivity contribution in [2.45, 2.75) is 78.3 Å². The highest BCUT2D eigenvalue weighted by Crippen LogP contribution is 2.70. The molecule has 1 saturated heterocycles. The molecule has 3 aliphatic rings. The molecule has 148 valence electrons. The Kier molecular flexibility index (Phi) is 4.01. The first-order valence-corrected chi connectivity index (χ1v) is 9.74. The summed E-state index contributed by atoms with van der Waals surface area (Å²) in [6.07, 6.45) is 2.27. The fraction of sp³-hybridized carbons (Fsp3) is 0.714. The highest BCUT2D eigenvalue weighted by atomic mass is 16.6. The van der Waals surface area contributed by atoms with Crippen molar-refractivity contribution in [3.63, 3.8) is 0 Å². The average molecular weight is 376 g/mol. The molecule has 1 aromatic rings. The zero-order chi connectivity index (χ0) is 19.7. The van der Waals surface area contributed by atoms with Gasteiger partial charge in [0.25, 0.3) is 0 Å². The van der Waals surface area contributed by atoms with Crippen LogP contribution in [0.4, 0.5) is 0 Å². The topological polar surface area (TPSA) is 78.3 Å². The number of aryl methyl sites for hydroxylation is 1. The molecule has 0 unspecified atom stereocenters. The van der Waals surface area contributed by atoms with Crippen molar-refractivity contribution in [2.24, 2.45) is 17.3 Å². The van der Waals surface area contributed by atoms with E-state index in [0.29, 0.717) is 12.8 Å². The smallest absolute Gasteiger partial charge is 0.309 e. The van der Waals surface area contributed by atoms with Crippen molar-refractivity contribution in [1.82, 2.24) is 0 Å². The molecule has 0 amide bonds. The fourth-order valence-corrected chi connectivity index (χ4v) is 5.26. The van der Waals surface area contributed by atoms with Crippen LogP contribution in [0.1, 0.15) is 64.0 Å². The maximum absolute atomic E-state index is 12.6. The first-order chi connectivity index (χ1) is 12.6. The van der Waals surface area contributed by atoms with Crippen LogP contribution in [-0.2, 0) is 30.2 Å². The molecule has 27 heavy (non-hydrogen) atoms. The van der Waals surface area contributed by atoms with Crippen molar-refractivity contribution in [1.29, 1.82) is 0 Å². The van der Waals surface area contributed by atoms with Crippen molar-refractivity contribution >= 4 is 11.9 Å². The number of hydrogen-bond donors (Lipinski definition) is 0. The number of carbonyl (C=O) groups is 2. The van der Waals surface area contributed by atoms with E-state index in [1.165, 1.54) is 6.92 Å². The molecular weight excluding hydrogens is 348 g/mol. The predicted octanol–water partition coefficient (Wildman–Crippen LogP) is 3.50. The second-order valence-corrected chi connectivity index (χ2v) is 8.85. The van der Waals surface area contributed by atoms with E-state index in [1.807, 2.05) is 20.8 Å². The maximum atomic E-state index is 12.6. The van der Waals surface area contributed by atoms with E-state index in [0.717, 1.165) is 16.9 Å². The fourth-order valence-electron chi connectivity index (χ4n) is 5.26. The first kappa shape index (κ1) is 18.5. The summed E-state index contributed by atoms with van der Waals surface area (Å²) in [5.41, 5.74) is 0.966. The summed E-state index contributed by atoms with van der Waals surface area (Å²) >= 11 is 0. The van der Waals surface area contributed by atoms with Crippen LogP contribution in [0.2, 0.25) is 0 Å². The molecule has 4 rings (SSSR count). The molecule has 2 fully saturated rings. The zero-order valence-corrected chi connectivity index (χ0v) is 16.8. The molecule has 1 aliphatic heterocycles. The van der Waals surface area contributed by atoms with E-state index in [9.17, 15) is 9.59 Å². The third kappa shape index (κ3) is 2.42. The lowest BCUT2D eigenvalue weighted by atomic mass is 9.53. The van der Waals surface area contributed by atoms with E-state index >= 15 is 0 Å². The molecule has 6 atom stereocenters.